The van der Waals surface area contributed by atoms with Crippen molar-refractivity contribution >= 4 is 91.7 Å². The zero-order valence-corrected chi connectivity index (χ0v) is 64.6. The number of anilines is 8. The molecule has 10 N–H and O–H groups in total. The zero-order valence-electron chi connectivity index (χ0n) is 63.0. The van der Waals surface area contributed by atoms with Crippen LogP contribution in [0, 0.1) is 17.8 Å². The van der Waals surface area contributed by atoms with Crippen molar-refractivity contribution in [3.63, 3.8) is 0 Å². The number of nitrogens with two attached hydrogens (primary N) is 4. The van der Waals surface area contributed by atoms with E-state index in [2.05, 4.69) is 153 Å². The Morgan fingerprint density at radius 2 is 0.954 bits per heavy atom. The molecule has 1 unspecified atom stereocenters. The highest BCUT2D eigenvalue weighted by Gasteiger charge is 2.29. The lowest BCUT2D eigenvalue weighted by atomic mass is 9.91. The number of rotatable bonds is 19. The molecule has 4 fully saturated rings. The predicted molar refractivity (Wildman–Crippen MR) is 441 cm³/mol. The van der Waals surface area contributed by atoms with E-state index in [0.29, 0.717) is 91.3 Å². The molecule has 10 aromatic rings. The van der Waals surface area contributed by atoms with Gasteiger partial charge in [0, 0.05) is 118 Å². The smallest absolute Gasteiger partial charge is 0.215 e. The van der Waals surface area contributed by atoms with Gasteiger partial charge in [0.2, 0.25) is 23.1 Å². The van der Waals surface area contributed by atoms with Gasteiger partial charge in [-0.15, -0.1) is 0 Å². The molecule has 8 aromatic heterocycles. The van der Waals surface area contributed by atoms with Gasteiger partial charge in [0.1, 0.15) is 69.3 Å². The monoisotopic (exact) mass is 1530 g/mol. The number of benzene rings is 2. The van der Waals surface area contributed by atoms with Crippen LogP contribution in [0.5, 0.6) is 0 Å². The molecule has 0 saturated carbocycles. The number of nitrogen functional groups attached to an aromatic ring is 4. The molecule has 2 aromatic carbocycles. The quantitative estimate of drug-likeness (QED) is 0.0410. The third kappa shape index (κ3) is 21.0. The summed E-state index contributed by atoms with van der Waals surface area (Å²) in [7, 11) is 0. The summed E-state index contributed by atoms with van der Waals surface area (Å²) in [6.45, 7) is 25.3. The van der Waals surface area contributed by atoms with Crippen LogP contribution in [0.4, 0.5) is 46.5 Å². The Balaban J connectivity index is 0.000000145. The van der Waals surface area contributed by atoms with Gasteiger partial charge in [-0.1, -0.05) is 132 Å². The molecule has 109 heavy (non-hydrogen) atoms. The number of hydrogen-bond acceptors (Lipinski definition) is 22. The summed E-state index contributed by atoms with van der Waals surface area (Å²) in [5.41, 5.74) is 30.7. The maximum atomic E-state index is 13.3. The second-order valence-corrected chi connectivity index (χ2v) is 30.0. The highest BCUT2D eigenvalue weighted by atomic mass is 79.9. The third-order valence-corrected chi connectivity index (χ3v) is 20.3. The number of piperidine rings is 2. The van der Waals surface area contributed by atoms with Crippen molar-refractivity contribution in [1.29, 1.82) is 0 Å². The van der Waals surface area contributed by atoms with Gasteiger partial charge in [-0.3, -0.25) is 19.2 Å². The Morgan fingerprint density at radius 1 is 0.486 bits per heavy atom. The van der Waals surface area contributed by atoms with Gasteiger partial charge < -0.3 is 53.2 Å². The Bertz CT molecular complexity index is 4780. The van der Waals surface area contributed by atoms with Crippen LogP contribution < -0.4 is 53.2 Å². The van der Waals surface area contributed by atoms with E-state index in [4.69, 9.17) is 27.9 Å². The average Bonchev–Trinajstić information content (AvgIpc) is 0.815. The van der Waals surface area contributed by atoms with Crippen molar-refractivity contribution in [2.24, 2.45) is 17.8 Å². The zero-order chi connectivity index (χ0) is 77.1. The molecule has 4 aliphatic rings. The first-order chi connectivity index (χ1) is 52.7. The molecule has 12 heterocycles. The van der Waals surface area contributed by atoms with Crippen LogP contribution in [-0.2, 0) is 0 Å². The van der Waals surface area contributed by atoms with Crippen molar-refractivity contribution < 1.29 is 19.2 Å². The van der Waals surface area contributed by atoms with Gasteiger partial charge in [-0.05, 0) is 175 Å². The number of aromatic nitrogens is 8. The first kappa shape index (κ1) is 78.9. The highest BCUT2D eigenvalue weighted by molar-refractivity contribution is 9.10. The van der Waals surface area contributed by atoms with Gasteiger partial charge in [-0.25, -0.2) is 39.9 Å². The van der Waals surface area contributed by atoms with E-state index in [9.17, 15) is 19.2 Å². The van der Waals surface area contributed by atoms with Crippen LogP contribution >= 0.6 is 15.9 Å². The van der Waals surface area contributed by atoms with Crippen molar-refractivity contribution in [2.75, 3.05) is 101 Å². The summed E-state index contributed by atoms with van der Waals surface area (Å²) >= 11 is 3.34. The molecular formula is C86H99BrN18O4. The van der Waals surface area contributed by atoms with Crippen LogP contribution in [0.1, 0.15) is 161 Å². The minimum atomic E-state index is -0.223. The molecule has 4 saturated heterocycles. The topological polar surface area (TPSA) is 312 Å². The van der Waals surface area contributed by atoms with E-state index in [0.717, 1.165) is 125 Å². The molecule has 14 rings (SSSR count). The minimum Gasteiger partial charge on any atom is -0.383 e. The second-order valence-electron chi connectivity index (χ2n) is 29.1. The fourth-order valence-corrected chi connectivity index (χ4v) is 14.6. The van der Waals surface area contributed by atoms with E-state index >= 15 is 0 Å². The first-order valence-corrected chi connectivity index (χ1v) is 38.4. The molecule has 0 bridgehead atoms. The average molecular weight is 1530 g/mol. The number of carbonyl (C=O) groups excluding carboxylic acids is 4. The number of halogens is 1. The lowest BCUT2D eigenvalue weighted by Crippen LogP contribution is -2.51. The summed E-state index contributed by atoms with van der Waals surface area (Å²) in [5, 5.41) is 7.14. The van der Waals surface area contributed by atoms with Crippen LogP contribution in [0.25, 0.3) is 17.2 Å². The minimum absolute atomic E-state index is 0.185. The largest absolute Gasteiger partial charge is 0.383 e. The van der Waals surface area contributed by atoms with E-state index in [1.165, 1.54) is 18.4 Å². The number of pyridine rings is 8. The molecule has 23 heteroatoms. The lowest BCUT2D eigenvalue weighted by Gasteiger charge is -2.37. The Hall–Kier alpha value is -11.1. The maximum Gasteiger partial charge on any atom is 0.215 e. The SMILES string of the molecule is C=Cc1cnc(N)c(C(=O)c2cccc(N3CCN[C@@H](CC(C)C)C3)n2)c1.CC(C)C[C@H]1CN(c2cccc(C(=O)c3cc(-c4ccccc4)cnc3N)n2)CCN1.C[C@H]1CC[C@@H](C)N(c2cccc(C(=O)c3cccnc3N)n2)C1.Nc1ncc(Br)cc1C(=O)c1cccc(N2CCCC(c3ccccc3)C2)n1. The number of hydrogen-bond donors (Lipinski definition) is 6. The first-order valence-electron chi connectivity index (χ1n) is 37.6. The number of nitrogens with zero attached hydrogens (tertiary/aromatic N) is 12. The van der Waals surface area contributed by atoms with E-state index in [1.54, 1.807) is 85.5 Å². The van der Waals surface area contributed by atoms with Gasteiger partial charge in [0.25, 0.3) is 0 Å². The molecule has 564 valence electrons. The third-order valence-electron chi connectivity index (χ3n) is 19.9. The molecular weight excluding hydrogens is 1430 g/mol. The summed E-state index contributed by atoms with van der Waals surface area (Å²) in [6.07, 6.45) is 15.0. The van der Waals surface area contributed by atoms with Gasteiger partial charge in [0.05, 0.1) is 22.3 Å². The summed E-state index contributed by atoms with van der Waals surface area (Å²) < 4.78 is 0.711. The summed E-state index contributed by atoms with van der Waals surface area (Å²) in [4.78, 5) is 95.8. The Kier molecular flexibility index (Phi) is 27.2. The van der Waals surface area contributed by atoms with Crippen molar-refractivity contribution in [3.05, 3.63) is 256 Å². The van der Waals surface area contributed by atoms with Crippen molar-refractivity contribution in [2.45, 2.75) is 104 Å². The Labute approximate surface area is 647 Å². The normalized spacial score (nSPS) is 17.7. The van der Waals surface area contributed by atoms with Gasteiger partial charge in [-0.2, -0.15) is 0 Å². The fourth-order valence-electron chi connectivity index (χ4n) is 14.2. The van der Waals surface area contributed by atoms with Gasteiger partial charge in [0.15, 0.2) is 0 Å². The molecule has 22 nitrogen and oxygen atoms in total. The second kappa shape index (κ2) is 37.6. The molecule has 4 aliphatic heterocycles. The fraction of sp³-hybridized carbons (Fsp3) is 0.326. The van der Waals surface area contributed by atoms with E-state index < -0.39 is 0 Å². The summed E-state index contributed by atoms with van der Waals surface area (Å²) in [6, 6.07) is 52.6. The lowest BCUT2D eigenvalue weighted by molar-refractivity contribution is 0.102. The Morgan fingerprint density at radius 3 is 1.49 bits per heavy atom. The van der Waals surface area contributed by atoms with Crippen LogP contribution in [0.15, 0.2) is 200 Å². The van der Waals surface area contributed by atoms with Crippen molar-refractivity contribution in [3.8, 4) is 11.1 Å². The highest BCUT2D eigenvalue weighted by Crippen LogP contribution is 2.32. The molecule has 0 radical (unpaired) electrons. The van der Waals surface area contributed by atoms with Crippen molar-refractivity contribution in [1.82, 2.24) is 50.5 Å². The number of ketones is 4. The molecule has 5 atom stereocenters. The number of carbonyl (C=O) groups is 4. The van der Waals surface area contributed by atoms with Crippen LogP contribution in [0.3, 0.4) is 0 Å². The number of piperazine rings is 2. The predicted octanol–water partition coefficient (Wildman–Crippen LogP) is 13.9. The summed E-state index contributed by atoms with van der Waals surface area (Å²) in [5.74, 6) is 5.75. The van der Waals surface area contributed by atoms with Crippen LogP contribution in [-0.4, -0.2) is 140 Å². The standard InChI is InChI=1S/C25H29N5O.C22H21BrN4O.C21H27N5O.C18H22N4O/c1-17(2)13-20-16-30(12-11-27-20)23-10-6-9-22(29-23)24(31)21-14-19(15-28-25(21)26)18-7-4-3-5-8-18;23-17-12-18(22(24)25-13-17)21(28)19-9-4-10-20(26-19)27-11-5-8-16(14-27)15-6-2-1-3-7-15;1-4-15-11-17(21(22)24-12-15)20(27)18-6-5-7-19(25-18)26-9-8-23-16(13-26)10-14(2)3;1-12-8-9-13(2)22(11-12)16-7-3-6-15(21-16)17(23)14-5-4-10-20-18(14)19/h3-10,14-15,17,20,27H,11-13,16H2,1-2H3,(H2,26,28);1-4,6-7,9-10,12-13,16H,5,8,11,14H2,(H2,24,25);4-7,11-12,14,16,23H,1,8-10,13H2,2-3H3,(H2,22,24);3-7,10,12-13H,8-9,11H2,1-2H3,(H2,19,20)/t20-;;16-;12-,13+/m0.00/s1. The molecule has 0 spiro atoms. The van der Waals surface area contributed by atoms with Gasteiger partial charge >= 0.3 is 0 Å². The molecule has 0 aliphatic carbocycles. The molecule has 0 amide bonds. The number of nitrogens with one attached hydrogen (secondary N) is 2. The van der Waals surface area contributed by atoms with Crippen LogP contribution in [0.2, 0.25) is 0 Å². The maximum absolute atomic E-state index is 13.3. The van der Waals surface area contributed by atoms with E-state index in [1.807, 2.05) is 84.9 Å². The van der Waals surface area contributed by atoms with E-state index in [-0.39, 0.29) is 46.4 Å².